The van der Waals surface area contributed by atoms with Crippen molar-refractivity contribution in [2.75, 3.05) is 0 Å². The van der Waals surface area contributed by atoms with Crippen molar-refractivity contribution in [2.24, 2.45) is 0 Å². The van der Waals surface area contributed by atoms with E-state index in [1.54, 1.807) is 6.08 Å². The van der Waals surface area contributed by atoms with Crippen LogP contribution in [-0.2, 0) is 11.4 Å². The van der Waals surface area contributed by atoms with Crippen LogP contribution in [0.2, 0.25) is 0 Å². The second-order valence-electron chi connectivity index (χ2n) is 2.84. The van der Waals surface area contributed by atoms with Gasteiger partial charge in [0, 0.05) is 0 Å². The maximum Gasteiger partial charge on any atom is 0.142 e. The smallest absolute Gasteiger partial charge is 0.142 e. The van der Waals surface area contributed by atoms with Gasteiger partial charge >= 0.3 is 0 Å². The highest BCUT2D eigenvalue weighted by molar-refractivity contribution is 5.73. The second-order valence-corrected chi connectivity index (χ2v) is 2.84. The third kappa shape index (κ3) is 2.53. The third-order valence-electron chi connectivity index (χ3n) is 1.90. The summed E-state index contributed by atoms with van der Waals surface area (Å²) < 4.78 is 0. The van der Waals surface area contributed by atoms with Crippen LogP contribution in [0.1, 0.15) is 16.7 Å². The minimum atomic E-state index is 0.0590. The van der Waals surface area contributed by atoms with Crippen LogP contribution in [0.3, 0.4) is 0 Å². The van der Waals surface area contributed by atoms with E-state index < -0.39 is 0 Å². The summed E-state index contributed by atoms with van der Waals surface area (Å²) in [5, 5.41) is 8.91. The molecular formula is C11H12O2. The molecule has 0 fully saturated rings. The summed E-state index contributed by atoms with van der Waals surface area (Å²) in [6.45, 7) is 1.99. The van der Waals surface area contributed by atoms with E-state index in [1.807, 2.05) is 25.1 Å². The Morgan fingerprint density at radius 1 is 1.46 bits per heavy atom. The number of benzene rings is 1. The van der Waals surface area contributed by atoms with Crippen LogP contribution < -0.4 is 0 Å². The summed E-state index contributed by atoms with van der Waals surface area (Å²) >= 11 is 0. The van der Waals surface area contributed by atoms with Gasteiger partial charge in [-0.15, -0.1) is 0 Å². The molecule has 0 radical (unpaired) electrons. The van der Waals surface area contributed by atoms with E-state index in [-0.39, 0.29) is 6.61 Å². The predicted octanol–water partition coefficient (Wildman–Crippen LogP) is 1.70. The zero-order chi connectivity index (χ0) is 9.68. The van der Waals surface area contributed by atoms with Crippen molar-refractivity contribution < 1.29 is 9.90 Å². The van der Waals surface area contributed by atoms with Crippen molar-refractivity contribution in [2.45, 2.75) is 13.5 Å². The lowest BCUT2D eigenvalue weighted by Crippen LogP contribution is -1.88. The van der Waals surface area contributed by atoms with E-state index in [9.17, 15) is 4.79 Å². The Labute approximate surface area is 77.5 Å². The van der Waals surface area contributed by atoms with Crippen molar-refractivity contribution in [3.63, 3.8) is 0 Å². The Morgan fingerprint density at radius 2 is 2.23 bits per heavy atom. The molecule has 0 aliphatic rings. The maximum absolute atomic E-state index is 10.1. The van der Waals surface area contributed by atoms with E-state index >= 15 is 0 Å². The van der Waals surface area contributed by atoms with Gasteiger partial charge in [0.15, 0.2) is 0 Å². The minimum absolute atomic E-state index is 0.0590. The van der Waals surface area contributed by atoms with Crippen molar-refractivity contribution >= 4 is 12.4 Å². The highest BCUT2D eigenvalue weighted by Crippen LogP contribution is 2.11. The van der Waals surface area contributed by atoms with Gasteiger partial charge in [-0.3, -0.25) is 4.79 Å². The van der Waals surface area contributed by atoms with Crippen LogP contribution >= 0.6 is 0 Å². The van der Waals surface area contributed by atoms with Crippen molar-refractivity contribution in [1.29, 1.82) is 0 Å². The molecular weight excluding hydrogens is 164 g/mol. The van der Waals surface area contributed by atoms with Gasteiger partial charge in [-0.1, -0.05) is 24.3 Å². The quantitative estimate of drug-likeness (QED) is 0.562. The minimum Gasteiger partial charge on any atom is -0.392 e. The molecule has 1 rings (SSSR count). The fraction of sp³-hybridized carbons (Fsp3) is 0.182. The average Bonchev–Trinajstić information content (AvgIpc) is 2.15. The zero-order valence-electron chi connectivity index (χ0n) is 7.53. The molecule has 0 unspecified atom stereocenters. The largest absolute Gasteiger partial charge is 0.392 e. The van der Waals surface area contributed by atoms with Crippen LogP contribution in [0.4, 0.5) is 0 Å². The van der Waals surface area contributed by atoms with Gasteiger partial charge < -0.3 is 5.11 Å². The monoisotopic (exact) mass is 176 g/mol. The third-order valence-corrected chi connectivity index (χ3v) is 1.90. The average molecular weight is 176 g/mol. The Balaban J connectivity index is 2.95. The van der Waals surface area contributed by atoms with Crippen molar-refractivity contribution in [3.8, 4) is 0 Å². The zero-order valence-corrected chi connectivity index (χ0v) is 7.53. The topological polar surface area (TPSA) is 37.3 Å². The summed E-state index contributed by atoms with van der Waals surface area (Å²) in [5.41, 5.74) is 2.93. The van der Waals surface area contributed by atoms with Crippen LogP contribution in [0, 0.1) is 6.92 Å². The van der Waals surface area contributed by atoms with E-state index in [1.165, 1.54) is 6.08 Å². The number of allylic oxidation sites excluding steroid dienone is 1. The number of hydrogen-bond donors (Lipinski definition) is 1. The highest BCUT2D eigenvalue weighted by atomic mass is 16.3. The second kappa shape index (κ2) is 4.58. The number of aryl methyl sites for hydroxylation is 1. The van der Waals surface area contributed by atoms with Crippen LogP contribution in [0.5, 0.6) is 0 Å². The highest BCUT2D eigenvalue weighted by Gasteiger charge is 1.95. The van der Waals surface area contributed by atoms with Gasteiger partial charge in [-0.25, -0.2) is 0 Å². The molecule has 1 N–H and O–H groups in total. The normalized spacial score (nSPS) is 10.6. The SMILES string of the molecule is Cc1cc(C=CC=O)ccc1CO. The Hall–Kier alpha value is -1.41. The van der Waals surface area contributed by atoms with Crippen molar-refractivity contribution in [3.05, 3.63) is 41.0 Å². The molecule has 0 amide bonds. The molecule has 13 heavy (non-hydrogen) atoms. The maximum atomic E-state index is 10.1. The molecule has 1 aromatic rings. The number of hydrogen-bond acceptors (Lipinski definition) is 2. The summed E-state index contributed by atoms with van der Waals surface area (Å²) in [5.74, 6) is 0. The molecule has 0 heterocycles. The number of rotatable bonds is 3. The molecule has 68 valence electrons. The first-order valence-corrected chi connectivity index (χ1v) is 4.10. The molecule has 0 aliphatic carbocycles. The lowest BCUT2D eigenvalue weighted by atomic mass is 10.1. The molecule has 2 nitrogen and oxygen atoms in total. The summed E-state index contributed by atoms with van der Waals surface area (Å²) in [6.07, 6.45) is 3.93. The molecule has 2 heteroatoms. The summed E-state index contributed by atoms with van der Waals surface area (Å²) in [4.78, 5) is 10.1. The van der Waals surface area contributed by atoms with E-state index in [0.29, 0.717) is 0 Å². The Morgan fingerprint density at radius 3 is 2.77 bits per heavy atom. The standard InChI is InChI=1S/C11H12O2/c1-9-7-10(3-2-6-12)4-5-11(9)8-13/h2-7,13H,8H2,1H3. The first kappa shape index (κ1) is 9.68. The number of aliphatic hydroxyl groups is 1. The predicted molar refractivity (Wildman–Crippen MR) is 52.2 cm³/mol. The number of carbonyl (C=O) groups excluding carboxylic acids is 1. The summed E-state index contributed by atoms with van der Waals surface area (Å²) in [6, 6.07) is 5.67. The Bertz CT molecular complexity index is 327. The van der Waals surface area contributed by atoms with Gasteiger partial charge in [-0.2, -0.15) is 0 Å². The van der Waals surface area contributed by atoms with Crippen LogP contribution in [-0.4, -0.2) is 11.4 Å². The number of aldehydes is 1. The van der Waals surface area contributed by atoms with Gasteiger partial charge in [0.25, 0.3) is 0 Å². The van der Waals surface area contributed by atoms with Crippen LogP contribution in [0.25, 0.3) is 6.08 Å². The van der Waals surface area contributed by atoms with E-state index in [2.05, 4.69) is 0 Å². The first-order valence-electron chi connectivity index (χ1n) is 4.10. The Kier molecular flexibility index (Phi) is 3.41. The fourth-order valence-corrected chi connectivity index (χ4v) is 1.15. The molecule has 0 spiro atoms. The lowest BCUT2D eigenvalue weighted by molar-refractivity contribution is -0.104. The van der Waals surface area contributed by atoms with E-state index in [4.69, 9.17) is 5.11 Å². The van der Waals surface area contributed by atoms with Gasteiger partial charge in [0.2, 0.25) is 0 Å². The molecule has 0 saturated carbocycles. The van der Waals surface area contributed by atoms with Gasteiger partial charge in [-0.05, 0) is 29.7 Å². The molecule has 0 aliphatic heterocycles. The van der Waals surface area contributed by atoms with Crippen molar-refractivity contribution in [1.82, 2.24) is 0 Å². The first-order chi connectivity index (χ1) is 6.27. The molecule has 0 aromatic heterocycles. The van der Waals surface area contributed by atoms with Gasteiger partial charge in [0.1, 0.15) is 6.29 Å². The molecule has 0 bridgehead atoms. The van der Waals surface area contributed by atoms with Crippen LogP contribution in [0.15, 0.2) is 24.3 Å². The number of aliphatic hydroxyl groups excluding tert-OH is 1. The lowest BCUT2D eigenvalue weighted by Gasteiger charge is -2.02. The molecule has 0 atom stereocenters. The molecule has 0 saturated heterocycles. The number of carbonyl (C=O) groups is 1. The summed E-state index contributed by atoms with van der Waals surface area (Å²) in [7, 11) is 0. The fourth-order valence-electron chi connectivity index (χ4n) is 1.15. The van der Waals surface area contributed by atoms with E-state index in [0.717, 1.165) is 23.0 Å². The molecule has 1 aromatic carbocycles. The van der Waals surface area contributed by atoms with Gasteiger partial charge in [0.05, 0.1) is 6.61 Å².